The largest absolute Gasteiger partial charge is 0.390 e. The number of aromatic nitrogens is 2. The molecule has 3 fully saturated rings. The SMILES string of the molecule is CC1(O)CC(C(=O)N2CC3(CC(Cc4cccc5ccnn45)C3)C2)C1. The summed E-state index contributed by atoms with van der Waals surface area (Å²) in [4.78, 5) is 14.4. The molecule has 1 N–H and O–H groups in total. The van der Waals surface area contributed by atoms with E-state index < -0.39 is 5.60 Å². The Morgan fingerprint density at radius 2 is 2.00 bits per heavy atom. The molecule has 5 nitrogen and oxygen atoms in total. The molecule has 1 aliphatic heterocycles. The summed E-state index contributed by atoms with van der Waals surface area (Å²) in [7, 11) is 0. The van der Waals surface area contributed by atoms with Crippen molar-refractivity contribution in [3.8, 4) is 0 Å². The minimum absolute atomic E-state index is 0.0561. The third kappa shape index (κ3) is 2.48. The summed E-state index contributed by atoms with van der Waals surface area (Å²) in [6, 6.07) is 8.41. The van der Waals surface area contributed by atoms with Crippen LogP contribution in [-0.2, 0) is 11.2 Å². The number of rotatable bonds is 3. The molecule has 0 radical (unpaired) electrons. The topological polar surface area (TPSA) is 57.8 Å². The van der Waals surface area contributed by atoms with E-state index >= 15 is 0 Å². The fourth-order valence-corrected chi connectivity index (χ4v) is 5.38. The maximum absolute atomic E-state index is 12.4. The Labute approximate surface area is 147 Å². The molecule has 25 heavy (non-hydrogen) atoms. The van der Waals surface area contributed by atoms with Gasteiger partial charge in [-0.15, -0.1) is 0 Å². The van der Waals surface area contributed by atoms with Crippen molar-refractivity contribution in [1.82, 2.24) is 14.5 Å². The van der Waals surface area contributed by atoms with Gasteiger partial charge < -0.3 is 10.0 Å². The molecule has 5 heteroatoms. The molecular weight excluding hydrogens is 314 g/mol. The van der Waals surface area contributed by atoms with Crippen molar-refractivity contribution in [3.63, 3.8) is 0 Å². The zero-order valence-corrected chi connectivity index (χ0v) is 14.7. The summed E-state index contributed by atoms with van der Waals surface area (Å²) in [6.45, 7) is 3.67. The van der Waals surface area contributed by atoms with Crippen LogP contribution >= 0.6 is 0 Å². The molecule has 132 valence electrons. The van der Waals surface area contributed by atoms with Gasteiger partial charge in [-0.2, -0.15) is 5.10 Å². The Morgan fingerprint density at radius 1 is 1.24 bits per heavy atom. The third-order valence-corrected chi connectivity index (χ3v) is 6.53. The predicted molar refractivity (Wildman–Crippen MR) is 94.0 cm³/mol. The number of likely N-dealkylation sites (tertiary alicyclic amines) is 1. The highest BCUT2D eigenvalue weighted by atomic mass is 16.3. The molecule has 2 aromatic rings. The molecule has 1 amide bonds. The molecule has 5 rings (SSSR count). The van der Waals surface area contributed by atoms with E-state index in [0.29, 0.717) is 24.2 Å². The van der Waals surface area contributed by atoms with Crippen LogP contribution in [0.25, 0.3) is 5.52 Å². The Kier molecular flexibility index (Phi) is 3.12. The Balaban J connectivity index is 1.14. The monoisotopic (exact) mass is 339 g/mol. The van der Waals surface area contributed by atoms with Gasteiger partial charge in [-0.1, -0.05) is 6.07 Å². The standard InChI is InChI=1S/C20H25N3O2/c1-19(25)10-15(11-19)18(24)22-12-20(13-22)8-14(9-20)7-17-4-2-3-16-5-6-21-23(16)17/h2-6,14-15,25H,7-13H2,1H3. The highest BCUT2D eigenvalue weighted by Gasteiger charge is 2.55. The molecule has 0 bridgehead atoms. The summed E-state index contributed by atoms with van der Waals surface area (Å²) >= 11 is 0. The number of nitrogens with zero attached hydrogens (tertiary/aromatic N) is 3. The van der Waals surface area contributed by atoms with Crippen molar-refractivity contribution in [2.24, 2.45) is 17.3 Å². The molecule has 2 aromatic heterocycles. The number of hydrogen-bond donors (Lipinski definition) is 1. The highest BCUT2D eigenvalue weighted by molar-refractivity contribution is 5.81. The zero-order chi connectivity index (χ0) is 17.2. The van der Waals surface area contributed by atoms with E-state index in [-0.39, 0.29) is 11.8 Å². The second-order valence-electron chi connectivity index (χ2n) is 8.96. The summed E-state index contributed by atoms with van der Waals surface area (Å²) in [5.74, 6) is 1.03. The minimum atomic E-state index is -0.613. The highest BCUT2D eigenvalue weighted by Crippen LogP contribution is 2.53. The van der Waals surface area contributed by atoms with E-state index in [1.165, 1.54) is 18.5 Å². The van der Waals surface area contributed by atoms with Crippen LogP contribution in [0, 0.1) is 17.3 Å². The van der Waals surface area contributed by atoms with Crippen LogP contribution < -0.4 is 0 Å². The van der Waals surface area contributed by atoms with Gasteiger partial charge >= 0.3 is 0 Å². The number of hydrogen-bond acceptors (Lipinski definition) is 3. The molecular formula is C20H25N3O2. The van der Waals surface area contributed by atoms with Gasteiger partial charge in [0.25, 0.3) is 0 Å². The Hall–Kier alpha value is -1.88. The van der Waals surface area contributed by atoms with Gasteiger partial charge in [0.05, 0.1) is 11.1 Å². The van der Waals surface area contributed by atoms with Crippen LogP contribution in [0.1, 0.15) is 38.3 Å². The van der Waals surface area contributed by atoms with Crippen molar-refractivity contribution in [2.75, 3.05) is 13.1 Å². The first-order valence-electron chi connectivity index (χ1n) is 9.36. The first kappa shape index (κ1) is 15.4. The van der Waals surface area contributed by atoms with Crippen LogP contribution in [0.2, 0.25) is 0 Å². The van der Waals surface area contributed by atoms with Crippen molar-refractivity contribution in [3.05, 3.63) is 36.2 Å². The number of carbonyl (C=O) groups is 1. The van der Waals surface area contributed by atoms with Crippen molar-refractivity contribution < 1.29 is 9.90 Å². The van der Waals surface area contributed by atoms with Crippen LogP contribution in [0.5, 0.6) is 0 Å². The molecule has 3 aliphatic rings. The number of aliphatic hydroxyl groups is 1. The lowest BCUT2D eigenvalue weighted by Crippen LogP contribution is -2.66. The zero-order valence-electron chi connectivity index (χ0n) is 14.7. The smallest absolute Gasteiger partial charge is 0.225 e. The second kappa shape index (κ2) is 5.07. The number of amides is 1. The fourth-order valence-electron chi connectivity index (χ4n) is 5.38. The van der Waals surface area contributed by atoms with Crippen molar-refractivity contribution >= 4 is 11.4 Å². The summed E-state index contributed by atoms with van der Waals surface area (Å²) in [5, 5.41) is 14.2. The van der Waals surface area contributed by atoms with Gasteiger partial charge in [-0.05, 0) is 63.1 Å². The van der Waals surface area contributed by atoms with Crippen molar-refractivity contribution in [2.45, 2.75) is 44.6 Å². The average molecular weight is 339 g/mol. The predicted octanol–water partition coefficient (Wildman–Crippen LogP) is 2.28. The van der Waals surface area contributed by atoms with E-state index in [2.05, 4.69) is 23.3 Å². The molecule has 2 aliphatic carbocycles. The van der Waals surface area contributed by atoms with Gasteiger partial charge in [0.2, 0.25) is 5.91 Å². The van der Waals surface area contributed by atoms with Crippen LogP contribution in [-0.4, -0.2) is 44.2 Å². The van der Waals surface area contributed by atoms with Gasteiger partial charge in [0.15, 0.2) is 0 Å². The average Bonchev–Trinajstić information content (AvgIpc) is 2.94. The molecule has 3 heterocycles. The molecule has 0 atom stereocenters. The van der Waals surface area contributed by atoms with Gasteiger partial charge in [0.1, 0.15) is 0 Å². The molecule has 1 spiro atoms. The Morgan fingerprint density at radius 3 is 2.72 bits per heavy atom. The van der Waals surface area contributed by atoms with E-state index in [1.807, 2.05) is 28.6 Å². The molecule has 0 unspecified atom stereocenters. The molecule has 1 saturated heterocycles. The third-order valence-electron chi connectivity index (χ3n) is 6.53. The van der Waals surface area contributed by atoms with E-state index in [1.54, 1.807) is 0 Å². The number of pyridine rings is 1. The van der Waals surface area contributed by atoms with Gasteiger partial charge in [-0.3, -0.25) is 4.79 Å². The first-order valence-corrected chi connectivity index (χ1v) is 9.36. The van der Waals surface area contributed by atoms with Gasteiger partial charge in [-0.25, -0.2) is 4.52 Å². The maximum Gasteiger partial charge on any atom is 0.225 e. The summed E-state index contributed by atoms with van der Waals surface area (Å²) in [5.41, 5.74) is 2.21. The quantitative estimate of drug-likeness (QED) is 0.933. The first-order chi connectivity index (χ1) is 11.9. The second-order valence-corrected chi connectivity index (χ2v) is 8.96. The summed E-state index contributed by atoms with van der Waals surface area (Å²) in [6.07, 6.45) is 6.62. The fraction of sp³-hybridized carbons (Fsp3) is 0.600. The van der Waals surface area contributed by atoms with Crippen molar-refractivity contribution in [1.29, 1.82) is 0 Å². The minimum Gasteiger partial charge on any atom is -0.390 e. The Bertz CT molecular complexity index is 818. The van der Waals surface area contributed by atoms with Crippen LogP contribution in [0.4, 0.5) is 0 Å². The van der Waals surface area contributed by atoms with Crippen LogP contribution in [0.15, 0.2) is 30.5 Å². The van der Waals surface area contributed by atoms with Crippen LogP contribution in [0.3, 0.4) is 0 Å². The normalized spacial score (nSPS) is 30.8. The number of fused-ring (bicyclic) bond motifs is 1. The lowest BCUT2D eigenvalue weighted by Gasteiger charge is -2.60. The lowest BCUT2D eigenvalue weighted by molar-refractivity contribution is -0.171. The lowest BCUT2D eigenvalue weighted by atomic mass is 9.56. The number of carbonyl (C=O) groups excluding carboxylic acids is 1. The van der Waals surface area contributed by atoms with E-state index in [9.17, 15) is 9.90 Å². The summed E-state index contributed by atoms with van der Waals surface area (Å²) < 4.78 is 2.05. The molecule has 0 aromatic carbocycles. The van der Waals surface area contributed by atoms with Gasteiger partial charge in [0, 0.05) is 36.3 Å². The van der Waals surface area contributed by atoms with E-state index in [0.717, 1.165) is 25.0 Å². The molecule has 2 saturated carbocycles. The maximum atomic E-state index is 12.4. The van der Waals surface area contributed by atoms with E-state index in [4.69, 9.17) is 0 Å².